The summed E-state index contributed by atoms with van der Waals surface area (Å²) in [6.45, 7) is 12.5. The SMILES string of the molecule is [C-]#[N+]C1(c2ccc(OC)c(OC3CCCC3)c2)CCN(C(C)(C)C(=O)O)CC1. The van der Waals surface area contributed by atoms with E-state index in [0.717, 1.165) is 18.4 Å². The topological polar surface area (TPSA) is 63.4 Å². The Balaban J connectivity index is 1.83. The first-order valence-electron chi connectivity index (χ1n) is 10.0. The number of ether oxygens (including phenoxy) is 2. The molecule has 1 saturated heterocycles. The summed E-state index contributed by atoms with van der Waals surface area (Å²) in [5, 5.41) is 9.50. The molecule has 0 atom stereocenters. The zero-order valence-electron chi connectivity index (χ0n) is 17.0. The highest BCUT2D eigenvalue weighted by Gasteiger charge is 2.47. The molecule has 1 N–H and O–H groups in total. The van der Waals surface area contributed by atoms with Crippen LogP contribution in [0, 0.1) is 6.57 Å². The van der Waals surface area contributed by atoms with Crippen LogP contribution in [0.4, 0.5) is 0 Å². The first-order valence-corrected chi connectivity index (χ1v) is 10.0. The maximum Gasteiger partial charge on any atom is 0.323 e. The summed E-state index contributed by atoms with van der Waals surface area (Å²) in [6.07, 6.45) is 5.90. The predicted octanol–water partition coefficient (Wildman–Crippen LogP) is 4.09. The summed E-state index contributed by atoms with van der Waals surface area (Å²) in [6, 6.07) is 5.81. The smallest absolute Gasteiger partial charge is 0.323 e. The minimum absolute atomic E-state index is 0.214. The van der Waals surface area contributed by atoms with Gasteiger partial charge in [-0.3, -0.25) is 9.69 Å². The predicted molar refractivity (Wildman–Crippen MR) is 107 cm³/mol. The van der Waals surface area contributed by atoms with Gasteiger partial charge in [0.1, 0.15) is 5.54 Å². The number of benzene rings is 1. The quantitative estimate of drug-likeness (QED) is 0.746. The van der Waals surface area contributed by atoms with Crippen LogP contribution < -0.4 is 9.47 Å². The number of carbonyl (C=O) groups is 1. The van der Waals surface area contributed by atoms with Crippen molar-refractivity contribution in [2.24, 2.45) is 0 Å². The van der Waals surface area contributed by atoms with Gasteiger partial charge in [-0.2, -0.15) is 0 Å². The lowest BCUT2D eigenvalue weighted by Crippen LogP contribution is -2.55. The van der Waals surface area contributed by atoms with E-state index in [4.69, 9.17) is 16.0 Å². The average molecular weight is 386 g/mol. The van der Waals surface area contributed by atoms with Gasteiger partial charge < -0.3 is 19.4 Å². The van der Waals surface area contributed by atoms with Crippen LogP contribution in [0.25, 0.3) is 4.85 Å². The summed E-state index contributed by atoms with van der Waals surface area (Å²) in [5.74, 6) is 0.572. The summed E-state index contributed by atoms with van der Waals surface area (Å²) >= 11 is 0. The van der Waals surface area contributed by atoms with Gasteiger partial charge in [0.2, 0.25) is 0 Å². The number of nitrogens with zero attached hydrogens (tertiary/aromatic N) is 2. The molecule has 1 heterocycles. The fourth-order valence-corrected chi connectivity index (χ4v) is 4.28. The molecule has 3 rings (SSSR count). The summed E-state index contributed by atoms with van der Waals surface area (Å²) in [7, 11) is 1.63. The highest BCUT2D eigenvalue weighted by Crippen LogP contribution is 2.42. The molecule has 1 aromatic rings. The van der Waals surface area contributed by atoms with E-state index in [2.05, 4.69) is 4.85 Å². The van der Waals surface area contributed by atoms with Crippen molar-refractivity contribution in [1.29, 1.82) is 0 Å². The van der Waals surface area contributed by atoms with Gasteiger partial charge in [0.15, 0.2) is 11.5 Å². The first-order chi connectivity index (χ1) is 13.3. The van der Waals surface area contributed by atoms with Crippen LogP contribution >= 0.6 is 0 Å². The highest BCUT2D eigenvalue weighted by atomic mass is 16.5. The van der Waals surface area contributed by atoms with Crippen LogP contribution in [-0.2, 0) is 10.3 Å². The normalized spacial score (nSPS) is 20.5. The van der Waals surface area contributed by atoms with Crippen LogP contribution in [-0.4, -0.2) is 47.8 Å². The molecule has 6 nitrogen and oxygen atoms in total. The first kappa shape index (κ1) is 20.5. The molecule has 2 aliphatic rings. The van der Waals surface area contributed by atoms with Crippen molar-refractivity contribution in [1.82, 2.24) is 4.90 Å². The summed E-state index contributed by atoms with van der Waals surface area (Å²) < 4.78 is 11.7. The van der Waals surface area contributed by atoms with Crippen LogP contribution in [0.2, 0.25) is 0 Å². The zero-order valence-corrected chi connectivity index (χ0v) is 17.0. The Morgan fingerprint density at radius 3 is 2.43 bits per heavy atom. The van der Waals surface area contributed by atoms with Crippen molar-refractivity contribution in [2.75, 3.05) is 20.2 Å². The molecule has 0 spiro atoms. The Kier molecular flexibility index (Phi) is 5.85. The van der Waals surface area contributed by atoms with Crippen molar-refractivity contribution >= 4 is 5.97 Å². The van der Waals surface area contributed by atoms with Gasteiger partial charge in [0.25, 0.3) is 5.54 Å². The standard InChI is InChI=1S/C22H30N2O4/c1-21(2,20(25)26)24-13-11-22(23-3,12-14-24)16-9-10-18(27-4)19(15-16)28-17-7-5-6-8-17/h9-10,15,17H,5-8,11-14H2,1-2,4H3,(H,25,26). The van der Waals surface area contributed by atoms with E-state index in [1.54, 1.807) is 21.0 Å². The second-order valence-corrected chi connectivity index (χ2v) is 8.38. The Morgan fingerprint density at radius 2 is 1.89 bits per heavy atom. The van der Waals surface area contributed by atoms with E-state index >= 15 is 0 Å². The van der Waals surface area contributed by atoms with Crippen LogP contribution in [0.5, 0.6) is 11.5 Å². The van der Waals surface area contributed by atoms with Crippen LogP contribution in [0.3, 0.4) is 0 Å². The average Bonchev–Trinajstić information content (AvgIpc) is 3.21. The van der Waals surface area contributed by atoms with E-state index in [1.807, 2.05) is 23.1 Å². The number of hydrogen-bond acceptors (Lipinski definition) is 4. The number of hydrogen-bond donors (Lipinski definition) is 1. The molecule has 2 fully saturated rings. The third kappa shape index (κ3) is 3.81. The Hall–Kier alpha value is -2.26. The molecule has 0 bridgehead atoms. The molecule has 0 radical (unpaired) electrons. The van der Waals surface area contributed by atoms with Crippen LogP contribution in [0.1, 0.15) is 57.9 Å². The third-order valence-electron chi connectivity index (χ3n) is 6.42. The molecule has 1 aromatic carbocycles. The van der Waals surface area contributed by atoms with Gasteiger partial charge in [0.05, 0.1) is 13.2 Å². The lowest BCUT2D eigenvalue weighted by Gasteiger charge is -2.41. The molecular weight excluding hydrogens is 356 g/mol. The molecular formula is C22H30N2O4. The number of carboxylic acid groups (broad SMARTS) is 1. The minimum atomic E-state index is -0.926. The largest absolute Gasteiger partial charge is 0.493 e. The van der Waals surface area contributed by atoms with Gasteiger partial charge in [0, 0.05) is 31.5 Å². The number of piperidine rings is 1. The summed E-state index contributed by atoms with van der Waals surface area (Å²) in [5.41, 5.74) is -0.639. The lowest BCUT2D eigenvalue weighted by molar-refractivity contribution is -0.150. The second-order valence-electron chi connectivity index (χ2n) is 8.38. The van der Waals surface area contributed by atoms with E-state index < -0.39 is 17.0 Å². The van der Waals surface area contributed by atoms with E-state index in [-0.39, 0.29) is 6.10 Å². The van der Waals surface area contributed by atoms with Crippen molar-refractivity contribution in [3.63, 3.8) is 0 Å². The number of aliphatic carboxylic acids is 1. The highest BCUT2D eigenvalue weighted by molar-refractivity contribution is 5.77. The van der Waals surface area contributed by atoms with E-state index in [1.165, 1.54) is 12.8 Å². The van der Waals surface area contributed by atoms with E-state index in [9.17, 15) is 9.90 Å². The second kappa shape index (κ2) is 8.00. The Morgan fingerprint density at radius 1 is 1.25 bits per heavy atom. The van der Waals surface area contributed by atoms with Crippen molar-refractivity contribution in [3.8, 4) is 11.5 Å². The molecule has 1 aliphatic heterocycles. The number of carboxylic acids is 1. The van der Waals surface area contributed by atoms with E-state index in [0.29, 0.717) is 37.4 Å². The molecule has 1 saturated carbocycles. The van der Waals surface area contributed by atoms with Gasteiger partial charge in [-0.25, -0.2) is 6.57 Å². The molecule has 6 heteroatoms. The number of methoxy groups -OCH3 is 1. The molecule has 1 aliphatic carbocycles. The fraction of sp³-hybridized carbons (Fsp3) is 0.636. The molecule has 152 valence electrons. The fourth-order valence-electron chi connectivity index (χ4n) is 4.28. The molecule has 0 unspecified atom stereocenters. The molecule has 0 amide bonds. The zero-order chi connectivity index (χ0) is 20.4. The Labute approximate surface area is 167 Å². The Bertz CT molecular complexity index is 754. The summed E-state index contributed by atoms with van der Waals surface area (Å²) in [4.78, 5) is 17.5. The molecule has 0 aromatic heterocycles. The minimum Gasteiger partial charge on any atom is -0.493 e. The van der Waals surface area contributed by atoms with Gasteiger partial charge >= 0.3 is 5.97 Å². The number of rotatable bonds is 6. The van der Waals surface area contributed by atoms with Gasteiger partial charge in [-0.1, -0.05) is 0 Å². The lowest BCUT2D eigenvalue weighted by atomic mass is 9.80. The number of likely N-dealkylation sites (tertiary alicyclic amines) is 1. The van der Waals surface area contributed by atoms with Crippen LogP contribution in [0.15, 0.2) is 18.2 Å². The van der Waals surface area contributed by atoms with Crippen molar-refractivity contribution in [2.45, 2.75) is 69.6 Å². The van der Waals surface area contributed by atoms with Crippen molar-refractivity contribution < 1.29 is 19.4 Å². The van der Waals surface area contributed by atoms with Gasteiger partial charge in [-0.05, 0) is 57.7 Å². The maximum atomic E-state index is 11.6. The molecule has 28 heavy (non-hydrogen) atoms. The monoisotopic (exact) mass is 386 g/mol. The van der Waals surface area contributed by atoms with Crippen molar-refractivity contribution in [3.05, 3.63) is 35.2 Å². The maximum absolute atomic E-state index is 11.6. The third-order valence-corrected chi connectivity index (χ3v) is 6.42. The van der Waals surface area contributed by atoms with Gasteiger partial charge in [-0.15, -0.1) is 0 Å².